The minimum Gasteiger partial charge on any atom is -0.354 e. The third kappa shape index (κ3) is 5.04. The molecule has 0 bridgehead atoms. The highest BCUT2D eigenvalue weighted by atomic mass is 79.9. The van der Waals surface area contributed by atoms with Crippen LogP contribution >= 0.6 is 15.9 Å². The molecule has 1 aliphatic rings. The average molecular weight is 372 g/mol. The predicted octanol–water partition coefficient (Wildman–Crippen LogP) is 2.41. The van der Waals surface area contributed by atoms with E-state index in [1.54, 1.807) is 6.07 Å². The number of amides is 1. The van der Waals surface area contributed by atoms with Gasteiger partial charge < -0.3 is 11.1 Å². The quantitative estimate of drug-likeness (QED) is 0.806. The highest BCUT2D eigenvalue weighted by molar-refractivity contribution is 9.10. The summed E-state index contributed by atoms with van der Waals surface area (Å²) in [6.07, 6.45) is 3.64. The highest BCUT2D eigenvalue weighted by Gasteiger charge is 2.23. The molecule has 1 unspecified atom stereocenters. The second-order valence-corrected chi connectivity index (χ2v) is 6.61. The highest BCUT2D eigenvalue weighted by Crippen LogP contribution is 2.22. The molecule has 2 rings (SSSR count). The molecule has 1 heterocycles. The van der Waals surface area contributed by atoms with Gasteiger partial charge in [-0.25, -0.2) is 4.39 Å². The van der Waals surface area contributed by atoms with Crippen molar-refractivity contribution in [2.45, 2.75) is 38.3 Å². The van der Waals surface area contributed by atoms with Crippen molar-refractivity contribution in [2.75, 3.05) is 19.6 Å². The molecule has 0 spiro atoms. The standard InChI is InChI=1S/C16H23BrFN3O/c17-13-4-5-15(18)12(9-13)11-21-8-2-1-3-14(21)10-20-16(22)6-7-19/h4-5,9,14H,1-3,6-8,10-11,19H2,(H,20,22). The molecule has 1 aromatic carbocycles. The lowest BCUT2D eigenvalue weighted by Crippen LogP contribution is -2.46. The molecule has 6 heteroatoms. The van der Waals surface area contributed by atoms with Crippen molar-refractivity contribution < 1.29 is 9.18 Å². The van der Waals surface area contributed by atoms with Crippen molar-refractivity contribution in [1.29, 1.82) is 0 Å². The van der Waals surface area contributed by atoms with Crippen LogP contribution in [0.4, 0.5) is 4.39 Å². The van der Waals surface area contributed by atoms with Crippen LogP contribution in [-0.2, 0) is 11.3 Å². The van der Waals surface area contributed by atoms with E-state index in [4.69, 9.17) is 5.73 Å². The summed E-state index contributed by atoms with van der Waals surface area (Å²) in [7, 11) is 0. The van der Waals surface area contributed by atoms with Crippen molar-refractivity contribution in [3.63, 3.8) is 0 Å². The van der Waals surface area contributed by atoms with Gasteiger partial charge in [0.05, 0.1) is 0 Å². The van der Waals surface area contributed by atoms with Gasteiger partial charge in [-0.05, 0) is 37.6 Å². The summed E-state index contributed by atoms with van der Waals surface area (Å²) in [5.41, 5.74) is 6.07. The molecule has 1 aromatic rings. The summed E-state index contributed by atoms with van der Waals surface area (Å²) in [5, 5.41) is 2.93. The number of nitrogens with one attached hydrogen (secondary N) is 1. The summed E-state index contributed by atoms with van der Waals surface area (Å²) in [4.78, 5) is 13.8. The van der Waals surface area contributed by atoms with Gasteiger partial charge in [0.25, 0.3) is 0 Å². The van der Waals surface area contributed by atoms with E-state index in [0.717, 1.165) is 30.3 Å². The Morgan fingerprint density at radius 2 is 2.27 bits per heavy atom. The van der Waals surface area contributed by atoms with Gasteiger partial charge >= 0.3 is 0 Å². The number of rotatable bonds is 6. The van der Waals surface area contributed by atoms with E-state index >= 15 is 0 Å². The van der Waals surface area contributed by atoms with Crippen LogP contribution in [0.5, 0.6) is 0 Å². The number of carbonyl (C=O) groups excluding carboxylic acids is 1. The van der Waals surface area contributed by atoms with E-state index < -0.39 is 0 Å². The normalized spacial score (nSPS) is 19.1. The minimum absolute atomic E-state index is 0.0124. The SMILES string of the molecule is NCCC(=O)NCC1CCCCN1Cc1cc(Br)ccc1F. The van der Waals surface area contributed by atoms with Gasteiger partial charge in [-0.15, -0.1) is 0 Å². The fourth-order valence-electron chi connectivity index (χ4n) is 2.83. The lowest BCUT2D eigenvalue weighted by atomic mass is 10.0. The predicted molar refractivity (Wildman–Crippen MR) is 88.8 cm³/mol. The maximum absolute atomic E-state index is 13.9. The van der Waals surface area contributed by atoms with Gasteiger partial charge in [0.15, 0.2) is 0 Å². The lowest BCUT2D eigenvalue weighted by Gasteiger charge is -2.36. The van der Waals surface area contributed by atoms with Crippen LogP contribution in [-0.4, -0.2) is 36.5 Å². The summed E-state index contributed by atoms with van der Waals surface area (Å²) in [6, 6.07) is 5.28. The molecule has 1 fully saturated rings. The number of nitrogens with two attached hydrogens (primary N) is 1. The zero-order valence-electron chi connectivity index (χ0n) is 12.7. The Hall–Kier alpha value is -0.980. The smallest absolute Gasteiger partial charge is 0.221 e. The Morgan fingerprint density at radius 3 is 3.05 bits per heavy atom. The molecule has 0 saturated carbocycles. The van der Waals surface area contributed by atoms with Crippen LogP contribution in [0.15, 0.2) is 22.7 Å². The van der Waals surface area contributed by atoms with Crippen LogP contribution in [0.25, 0.3) is 0 Å². The molecule has 1 atom stereocenters. The number of nitrogens with zero attached hydrogens (tertiary/aromatic N) is 1. The first-order chi connectivity index (χ1) is 10.6. The third-order valence-electron chi connectivity index (χ3n) is 4.04. The largest absolute Gasteiger partial charge is 0.354 e. The molecule has 1 aliphatic heterocycles. The molecule has 4 nitrogen and oxygen atoms in total. The van der Waals surface area contributed by atoms with Crippen LogP contribution in [0.2, 0.25) is 0 Å². The Balaban J connectivity index is 1.97. The summed E-state index contributed by atoms with van der Waals surface area (Å²) >= 11 is 3.39. The first-order valence-corrected chi connectivity index (χ1v) is 8.54. The lowest BCUT2D eigenvalue weighted by molar-refractivity contribution is -0.121. The van der Waals surface area contributed by atoms with Gasteiger partial charge in [-0.3, -0.25) is 9.69 Å². The van der Waals surface area contributed by atoms with Crippen molar-refractivity contribution in [1.82, 2.24) is 10.2 Å². The Bertz CT molecular complexity index is 512. The van der Waals surface area contributed by atoms with Gasteiger partial charge in [0, 0.05) is 42.1 Å². The third-order valence-corrected chi connectivity index (χ3v) is 4.53. The van der Waals surface area contributed by atoms with Crippen LogP contribution in [0, 0.1) is 5.82 Å². The first kappa shape index (κ1) is 17.4. The number of carbonyl (C=O) groups is 1. The number of benzene rings is 1. The zero-order chi connectivity index (χ0) is 15.9. The van der Waals surface area contributed by atoms with Crippen molar-refractivity contribution in [2.24, 2.45) is 5.73 Å². The van der Waals surface area contributed by atoms with Crippen molar-refractivity contribution >= 4 is 21.8 Å². The molecule has 122 valence electrons. The molecule has 0 aliphatic carbocycles. The van der Waals surface area contributed by atoms with Crippen LogP contribution < -0.4 is 11.1 Å². The van der Waals surface area contributed by atoms with E-state index in [1.807, 2.05) is 6.07 Å². The number of halogens is 2. The fourth-order valence-corrected chi connectivity index (χ4v) is 3.24. The Kier molecular flexibility index (Phi) is 6.79. The number of hydrogen-bond donors (Lipinski definition) is 2. The van der Waals surface area contributed by atoms with Crippen molar-refractivity contribution in [3.05, 3.63) is 34.1 Å². The van der Waals surface area contributed by atoms with E-state index in [0.29, 0.717) is 31.6 Å². The molecule has 1 amide bonds. The molecule has 3 N–H and O–H groups in total. The summed E-state index contributed by atoms with van der Waals surface area (Å²) in [6.45, 7) is 2.48. The van der Waals surface area contributed by atoms with E-state index in [2.05, 4.69) is 26.1 Å². The summed E-state index contributed by atoms with van der Waals surface area (Å²) in [5.74, 6) is -0.193. The second-order valence-electron chi connectivity index (χ2n) is 5.70. The van der Waals surface area contributed by atoms with Crippen LogP contribution in [0.3, 0.4) is 0 Å². The molecule has 0 radical (unpaired) electrons. The topological polar surface area (TPSA) is 58.4 Å². The average Bonchev–Trinajstić information content (AvgIpc) is 2.50. The van der Waals surface area contributed by atoms with E-state index in [9.17, 15) is 9.18 Å². The Morgan fingerprint density at radius 1 is 1.45 bits per heavy atom. The number of likely N-dealkylation sites (tertiary alicyclic amines) is 1. The fraction of sp³-hybridized carbons (Fsp3) is 0.562. The number of hydrogen-bond acceptors (Lipinski definition) is 3. The molecule has 0 aromatic heterocycles. The van der Waals surface area contributed by atoms with Gasteiger partial charge in [0.2, 0.25) is 5.91 Å². The van der Waals surface area contributed by atoms with Gasteiger partial charge in [-0.2, -0.15) is 0 Å². The van der Waals surface area contributed by atoms with E-state index in [1.165, 1.54) is 6.07 Å². The Labute approximate surface area is 139 Å². The van der Waals surface area contributed by atoms with Crippen LogP contribution in [0.1, 0.15) is 31.2 Å². The van der Waals surface area contributed by atoms with E-state index in [-0.39, 0.29) is 17.8 Å². The first-order valence-electron chi connectivity index (χ1n) is 7.75. The molecular weight excluding hydrogens is 349 g/mol. The minimum atomic E-state index is -0.181. The van der Waals surface area contributed by atoms with Crippen molar-refractivity contribution in [3.8, 4) is 0 Å². The second kappa shape index (κ2) is 8.60. The summed E-state index contributed by atoms with van der Waals surface area (Å²) < 4.78 is 14.8. The maximum Gasteiger partial charge on any atom is 0.221 e. The maximum atomic E-state index is 13.9. The van der Waals surface area contributed by atoms with Gasteiger partial charge in [0.1, 0.15) is 5.82 Å². The molecule has 22 heavy (non-hydrogen) atoms. The number of piperidine rings is 1. The monoisotopic (exact) mass is 371 g/mol. The zero-order valence-corrected chi connectivity index (χ0v) is 14.2. The molecule has 1 saturated heterocycles. The molecular formula is C16H23BrFN3O. The van der Waals surface area contributed by atoms with Gasteiger partial charge in [-0.1, -0.05) is 22.4 Å².